The molecule has 0 saturated heterocycles. The summed E-state index contributed by atoms with van der Waals surface area (Å²) in [5, 5.41) is 3.41. The lowest BCUT2D eigenvalue weighted by Crippen LogP contribution is -2.55. The Morgan fingerprint density at radius 3 is 1.80 bits per heavy atom. The SMILES string of the molecule is CCN(CC)CN(CC)C(CCCN(C)C)(CCNC)CCN(C)C. The molecular formula is C20H47N5. The minimum atomic E-state index is 0.278. The molecule has 5 heteroatoms. The van der Waals surface area contributed by atoms with Gasteiger partial charge in [0.25, 0.3) is 0 Å². The Morgan fingerprint density at radius 1 is 0.760 bits per heavy atom. The van der Waals surface area contributed by atoms with Gasteiger partial charge in [-0.25, -0.2) is 0 Å². The Morgan fingerprint density at radius 2 is 1.36 bits per heavy atom. The molecule has 0 aromatic heterocycles. The lowest BCUT2D eigenvalue weighted by atomic mass is 9.83. The van der Waals surface area contributed by atoms with Gasteiger partial charge in [0.2, 0.25) is 0 Å². The van der Waals surface area contributed by atoms with Crippen LogP contribution in [0.2, 0.25) is 0 Å². The average molecular weight is 358 g/mol. The molecule has 0 radical (unpaired) electrons. The van der Waals surface area contributed by atoms with E-state index in [0.29, 0.717) is 0 Å². The molecule has 0 aliphatic carbocycles. The van der Waals surface area contributed by atoms with E-state index in [9.17, 15) is 0 Å². The van der Waals surface area contributed by atoms with E-state index < -0.39 is 0 Å². The molecule has 1 unspecified atom stereocenters. The van der Waals surface area contributed by atoms with Gasteiger partial charge in [0.1, 0.15) is 0 Å². The molecular weight excluding hydrogens is 310 g/mol. The highest BCUT2D eigenvalue weighted by Crippen LogP contribution is 2.30. The molecule has 0 aromatic rings. The Kier molecular flexibility index (Phi) is 13.8. The first kappa shape index (κ1) is 24.8. The predicted molar refractivity (Wildman–Crippen MR) is 112 cm³/mol. The zero-order chi connectivity index (χ0) is 19.3. The lowest BCUT2D eigenvalue weighted by molar-refractivity contribution is 0.00968. The van der Waals surface area contributed by atoms with Crippen LogP contribution in [0.3, 0.4) is 0 Å². The van der Waals surface area contributed by atoms with Gasteiger partial charge in [-0.2, -0.15) is 0 Å². The standard InChI is InChI=1S/C20H47N5/c1-9-24(10-2)19-25(11-3)20(14-16-21-4,15-18-23(7)8)13-12-17-22(5)6/h21H,9-19H2,1-8H3. The van der Waals surface area contributed by atoms with Crippen molar-refractivity contribution in [3.05, 3.63) is 0 Å². The average Bonchev–Trinajstić information content (AvgIpc) is 2.58. The van der Waals surface area contributed by atoms with E-state index in [0.717, 1.165) is 39.4 Å². The maximum Gasteiger partial charge on any atom is 0.0510 e. The third-order valence-corrected chi connectivity index (χ3v) is 5.43. The summed E-state index contributed by atoms with van der Waals surface area (Å²) in [6.07, 6.45) is 5.00. The smallest absolute Gasteiger partial charge is 0.0510 e. The van der Waals surface area contributed by atoms with Crippen molar-refractivity contribution in [3.63, 3.8) is 0 Å². The Labute approximate surface area is 158 Å². The number of hydrogen-bond donors (Lipinski definition) is 1. The summed E-state index contributed by atoms with van der Waals surface area (Å²) < 4.78 is 0. The minimum Gasteiger partial charge on any atom is -0.320 e. The second-order valence-electron chi connectivity index (χ2n) is 7.84. The van der Waals surface area contributed by atoms with Gasteiger partial charge >= 0.3 is 0 Å². The third-order valence-electron chi connectivity index (χ3n) is 5.43. The van der Waals surface area contributed by atoms with Crippen molar-refractivity contribution >= 4 is 0 Å². The molecule has 0 spiro atoms. The lowest BCUT2D eigenvalue weighted by Gasteiger charge is -2.47. The fourth-order valence-electron chi connectivity index (χ4n) is 3.61. The van der Waals surface area contributed by atoms with E-state index in [1.807, 2.05) is 0 Å². The van der Waals surface area contributed by atoms with Gasteiger partial charge in [-0.15, -0.1) is 0 Å². The maximum absolute atomic E-state index is 3.41. The van der Waals surface area contributed by atoms with Crippen molar-refractivity contribution in [1.82, 2.24) is 24.9 Å². The van der Waals surface area contributed by atoms with Gasteiger partial charge in [-0.3, -0.25) is 9.80 Å². The second kappa shape index (κ2) is 13.9. The van der Waals surface area contributed by atoms with E-state index >= 15 is 0 Å². The number of rotatable bonds is 16. The largest absolute Gasteiger partial charge is 0.320 e. The van der Waals surface area contributed by atoms with Crippen molar-refractivity contribution in [2.45, 2.75) is 52.0 Å². The highest BCUT2D eigenvalue weighted by molar-refractivity contribution is 4.92. The van der Waals surface area contributed by atoms with Gasteiger partial charge in [-0.05, 0) is 100 Å². The maximum atomic E-state index is 3.41. The summed E-state index contributed by atoms with van der Waals surface area (Å²) in [4.78, 5) is 9.97. The van der Waals surface area contributed by atoms with Crippen LogP contribution in [0, 0.1) is 0 Å². The van der Waals surface area contributed by atoms with Gasteiger partial charge in [-0.1, -0.05) is 20.8 Å². The molecule has 0 heterocycles. The molecule has 0 amide bonds. The Bertz CT molecular complexity index is 304. The number of nitrogens with one attached hydrogen (secondary N) is 1. The van der Waals surface area contributed by atoms with Gasteiger partial charge in [0.15, 0.2) is 0 Å². The quantitative estimate of drug-likeness (QED) is 0.427. The summed E-state index contributed by atoms with van der Waals surface area (Å²) in [6.45, 7) is 14.8. The highest BCUT2D eigenvalue weighted by Gasteiger charge is 2.35. The van der Waals surface area contributed by atoms with Crippen LogP contribution in [0.15, 0.2) is 0 Å². The van der Waals surface area contributed by atoms with E-state index in [1.165, 1.54) is 32.2 Å². The van der Waals surface area contributed by atoms with Crippen molar-refractivity contribution in [2.75, 3.05) is 81.2 Å². The van der Waals surface area contributed by atoms with Gasteiger partial charge < -0.3 is 15.1 Å². The molecule has 0 rings (SSSR count). The normalized spacial score (nSPS) is 14.9. The van der Waals surface area contributed by atoms with E-state index in [2.05, 4.69) is 80.9 Å². The van der Waals surface area contributed by atoms with Crippen LogP contribution in [0.5, 0.6) is 0 Å². The zero-order valence-electron chi connectivity index (χ0n) is 18.6. The first-order chi connectivity index (χ1) is 11.8. The second-order valence-corrected chi connectivity index (χ2v) is 7.84. The fraction of sp³-hybridized carbons (Fsp3) is 1.00. The number of nitrogens with zero attached hydrogens (tertiary/aromatic N) is 4. The summed E-state index contributed by atoms with van der Waals surface area (Å²) in [5.41, 5.74) is 0.278. The third kappa shape index (κ3) is 9.90. The first-order valence-corrected chi connectivity index (χ1v) is 10.3. The fourth-order valence-corrected chi connectivity index (χ4v) is 3.61. The molecule has 5 nitrogen and oxygen atoms in total. The summed E-state index contributed by atoms with van der Waals surface area (Å²) in [6, 6.07) is 0. The van der Waals surface area contributed by atoms with Crippen molar-refractivity contribution in [3.8, 4) is 0 Å². The molecule has 152 valence electrons. The summed E-state index contributed by atoms with van der Waals surface area (Å²) in [7, 11) is 10.8. The van der Waals surface area contributed by atoms with Crippen molar-refractivity contribution in [1.29, 1.82) is 0 Å². The monoisotopic (exact) mass is 357 g/mol. The molecule has 0 saturated carbocycles. The summed E-state index contributed by atoms with van der Waals surface area (Å²) in [5.74, 6) is 0. The van der Waals surface area contributed by atoms with Crippen LogP contribution in [0.4, 0.5) is 0 Å². The molecule has 0 aromatic carbocycles. The molecule has 0 bridgehead atoms. The molecule has 1 atom stereocenters. The predicted octanol–water partition coefficient (Wildman–Crippen LogP) is 2.25. The zero-order valence-corrected chi connectivity index (χ0v) is 18.6. The van der Waals surface area contributed by atoms with Crippen LogP contribution < -0.4 is 5.32 Å². The van der Waals surface area contributed by atoms with Crippen molar-refractivity contribution in [2.24, 2.45) is 0 Å². The Hall–Kier alpha value is -0.200. The van der Waals surface area contributed by atoms with Crippen LogP contribution in [0.25, 0.3) is 0 Å². The first-order valence-electron chi connectivity index (χ1n) is 10.3. The van der Waals surface area contributed by atoms with Gasteiger partial charge in [0, 0.05) is 5.54 Å². The minimum absolute atomic E-state index is 0.278. The van der Waals surface area contributed by atoms with Crippen molar-refractivity contribution < 1.29 is 0 Å². The molecule has 1 N–H and O–H groups in total. The summed E-state index contributed by atoms with van der Waals surface area (Å²) >= 11 is 0. The number of hydrogen-bond acceptors (Lipinski definition) is 5. The van der Waals surface area contributed by atoms with Crippen LogP contribution in [-0.2, 0) is 0 Å². The van der Waals surface area contributed by atoms with Crippen LogP contribution in [0.1, 0.15) is 46.5 Å². The topological polar surface area (TPSA) is 25.0 Å². The Balaban J connectivity index is 5.38. The van der Waals surface area contributed by atoms with Crippen LogP contribution in [-0.4, -0.2) is 106 Å². The molecule has 0 fully saturated rings. The van der Waals surface area contributed by atoms with Gasteiger partial charge in [0.05, 0.1) is 6.67 Å². The van der Waals surface area contributed by atoms with E-state index in [1.54, 1.807) is 0 Å². The van der Waals surface area contributed by atoms with Crippen LogP contribution >= 0.6 is 0 Å². The molecule has 0 aliphatic rings. The molecule has 25 heavy (non-hydrogen) atoms. The highest BCUT2D eigenvalue weighted by atomic mass is 15.3. The van der Waals surface area contributed by atoms with E-state index in [4.69, 9.17) is 0 Å². The molecule has 0 aliphatic heterocycles. The van der Waals surface area contributed by atoms with E-state index in [-0.39, 0.29) is 5.54 Å².